The van der Waals surface area contributed by atoms with Gasteiger partial charge in [0.2, 0.25) is 5.91 Å². The van der Waals surface area contributed by atoms with Crippen molar-refractivity contribution in [1.82, 2.24) is 5.32 Å². The van der Waals surface area contributed by atoms with Gasteiger partial charge in [0, 0.05) is 6.04 Å². The summed E-state index contributed by atoms with van der Waals surface area (Å²) in [5.74, 6) is -1.68. The van der Waals surface area contributed by atoms with Crippen molar-refractivity contribution in [1.29, 1.82) is 0 Å². The highest BCUT2D eigenvalue weighted by molar-refractivity contribution is 6.01. The zero-order valence-electron chi connectivity index (χ0n) is 8.75. The monoisotopic (exact) mass is 217 g/mol. The molecule has 0 heterocycles. The molecule has 1 rings (SSSR count). The number of hydrogen-bond acceptors (Lipinski definition) is 2. The second-order valence-corrected chi connectivity index (χ2v) is 4.18. The first-order valence-electron chi connectivity index (χ1n) is 5.11. The number of alkyl halides is 1. The van der Waals surface area contributed by atoms with Crippen molar-refractivity contribution in [3.05, 3.63) is 0 Å². The standard InChI is InChI=1S/C10H16FNO3/c1-10(9(14)15,5-2-6-11)8(13)12-7-3-4-7/h7H,2-6H2,1H3,(H,12,13)(H,14,15). The highest BCUT2D eigenvalue weighted by Gasteiger charge is 2.42. The van der Waals surface area contributed by atoms with Gasteiger partial charge >= 0.3 is 5.97 Å². The zero-order chi connectivity index (χ0) is 11.5. The summed E-state index contributed by atoms with van der Waals surface area (Å²) in [6, 6.07) is 0.126. The molecule has 1 atom stereocenters. The lowest BCUT2D eigenvalue weighted by molar-refractivity contribution is -0.155. The lowest BCUT2D eigenvalue weighted by Gasteiger charge is -2.23. The molecule has 0 saturated heterocycles. The number of aliphatic carboxylic acids is 1. The van der Waals surface area contributed by atoms with Crippen molar-refractivity contribution in [2.24, 2.45) is 5.41 Å². The molecule has 0 aliphatic heterocycles. The van der Waals surface area contributed by atoms with Crippen LogP contribution in [0.25, 0.3) is 0 Å². The minimum absolute atomic E-state index is 0.0391. The molecule has 0 bridgehead atoms. The third-order valence-electron chi connectivity index (χ3n) is 2.70. The van der Waals surface area contributed by atoms with E-state index in [-0.39, 0.29) is 18.9 Å². The molecule has 5 heteroatoms. The number of carboxylic acids is 1. The summed E-state index contributed by atoms with van der Waals surface area (Å²) in [7, 11) is 0. The summed E-state index contributed by atoms with van der Waals surface area (Å²) in [4.78, 5) is 22.6. The van der Waals surface area contributed by atoms with Crippen molar-refractivity contribution in [2.75, 3.05) is 6.67 Å². The third kappa shape index (κ3) is 2.91. The molecule has 0 aromatic heterocycles. The van der Waals surface area contributed by atoms with Gasteiger partial charge in [-0.15, -0.1) is 0 Å². The summed E-state index contributed by atoms with van der Waals surface area (Å²) in [6.45, 7) is 0.752. The predicted octanol–water partition coefficient (Wildman–Crippen LogP) is 1.11. The van der Waals surface area contributed by atoms with Gasteiger partial charge in [-0.1, -0.05) is 0 Å². The number of amides is 1. The van der Waals surface area contributed by atoms with Crippen LogP contribution in [0, 0.1) is 5.41 Å². The topological polar surface area (TPSA) is 66.4 Å². The first-order valence-corrected chi connectivity index (χ1v) is 5.11. The van der Waals surface area contributed by atoms with Crippen LogP contribution in [-0.2, 0) is 9.59 Å². The summed E-state index contributed by atoms with van der Waals surface area (Å²) in [5, 5.41) is 11.6. The number of halogens is 1. The van der Waals surface area contributed by atoms with Crippen LogP contribution in [0.5, 0.6) is 0 Å². The zero-order valence-corrected chi connectivity index (χ0v) is 8.75. The molecule has 1 aliphatic rings. The van der Waals surface area contributed by atoms with E-state index in [1.54, 1.807) is 0 Å². The Morgan fingerprint density at radius 3 is 2.53 bits per heavy atom. The van der Waals surface area contributed by atoms with Gasteiger partial charge in [-0.05, 0) is 32.6 Å². The Balaban J connectivity index is 2.60. The van der Waals surface area contributed by atoms with E-state index < -0.39 is 24.0 Å². The molecule has 0 spiro atoms. The molecule has 1 unspecified atom stereocenters. The quantitative estimate of drug-likeness (QED) is 0.655. The Bertz CT molecular complexity index is 265. The maximum Gasteiger partial charge on any atom is 0.318 e. The number of hydrogen-bond donors (Lipinski definition) is 2. The summed E-state index contributed by atoms with van der Waals surface area (Å²) in [5.41, 5.74) is -1.49. The minimum Gasteiger partial charge on any atom is -0.480 e. The second-order valence-electron chi connectivity index (χ2n) is 4.18. The van der Waals surface area contributed by atoms with Gasteiger partial charge in [0.25, 0.3) is 0 Å². The van der Waals surface area contributed by atoms with Gasteiger partial charge in [-0.3, -0.25) is 14.0 Å². The summed E-state index contributed by atoms with van der Waals surface area (Å²) in [6.07, 6.45) is 1.95. The minimum atomic E-state index is -1.49. The van der Waals surface area contributed by atoms with Gasteiger partial charge in [0.1, 0.15) is 5.41 Å². The van der Waals surface area contributed by atoms with Gasteiger partial charge in [-0.25, -0.2) is 0 Å². The molecular weight excluding hydrogens is 201 g/mol. The van der Waals surface area contributed by atoms with Crippen LogP contribution in [0.3, 0.4) is 0 Å². The van der Waals surface area contributed by atoms with Gasteiger partial charge in [0.15, 0.2) is 0 Å². The van der Waals surface area contributed by atoms with Gasteiger partial charge < -0.3 is 10.4 Å². The maximum absolute atomic E-state index is 12.0. The molecule has 86 valence electrons. The average molecular weight is 217 g/mol. The van der Waals surface area contributed by atoms with Crippen molar-refractivity contribution in [3.63, 3.8) is 0 Å². The normalized spacial score (nSPS) is 19.3. The fourth-order valence-electron chi connectivity index (χ4n) is 1.31. The van der Waals surface area contributed by atoms with Crippen molar-refractivity contribution in [3.8, 4) is 0 Å². The lowest BCUT2D eigenvalue weighted by atomic mass is 9.84. The summed E-state index contributed by atoms with van der Waals surface area (Å²) >= 11 is 0. The van der Waals surface area contributed by atoms with Gasteiger partial charge in [-0.2, -0.15) is 0 Å². The molecule has 1 amide bonds. The van der Waals surface area contributed by atoms with E-state index in [4.69, 9.17) is 5.11 Å². The first kappa shape index (κ1) is 11.9. The molecule has 1 saturated carbocycles. The van der Waals surface area contributed by atoms with Crippen LogP contribution in [0.1, 0.15) is 32.6 Å². The van der Waals surface area contributed by atoms with Crippen LogP contribution >= 0.6 is 0 Å². The Labute approximate surface area is 87.9 Å². The molecule has 2 N–H and O–H groups in total. The molecule has 15 heavy (non-hydrogen) atoms. The number of carbonyl (C=O) groups excluding carboxylic acids is 1. The second kappa shape index (κ2) is 4.59. The van der Waals surface area contributed by atoms with Gasteiger partial charge in [0.05, 0.1) is 6.67 Å². The number of nitrogens with one attached hydrogen (secondary N) is 1. The Morgan fingerprint density at radius 1 is 1.53 bits per heavy atom. The number of rotatable bonds is 6. The fourth-order valence-corrected chi connectivity index (χ4v) is 1.31. The molecule has 1 aliphatic carbocycles. The predicted molar refractivity (Wildman–Crippen MR) is 52.1 cm³/mol. The molecule has 0 aromatic rings. The van der Waals surface area contributed by atoms with Crippen molar-refractivity contribution >= 4 is 11.9 Å². The SMILES string of the molecule is CC(CCCF)(C(=O)O)C(=O)NC1CC1. The first-order chi connectivity index (χ1) is 7.00. The smallest absolute Gasteiger partial charge is 0.318 e. The van der Waals surface area contributed by atoms with Crippen LogP contribution in [0.2, 0.25) is 0 Å². The highest BCUT2D eigenvalue weighted by Crippen LogP contribution is 2.27. The molecule has 1 fully saturated rings. The third-order valence-corrected chi connectivity index (χ3v) is 2.70. The molecule has 0 radical (unpaired) electrons. The lowest BCUT2D eigenvalue weighted by Crippen LogP contribution is -2.45. The summed E-state index contributed by atoms with van der Waals surface area (Å²) < 4.78 is 12.0. The fraction of sp³-hybridized carbons (Fsp3) is 0.800. The van der Waals surface area contributed by atoms with Crippen molar-refractivity contribution < 1.29 is 19.1 Å². The van der Waals surface area contributed by atoms with E-state index in [2.05, 4.69) is 5.32 Å². The van der Waals surface area contributed by atoms with Crippen LogP contribution in [-0.4, -0.2) is 29.7 Å². The van der Waals surface area contributed by atoms with Crippen LogP contribution < -0.4 is 5.32 Å². The van der Waals surface area contributed by atoms with E-state index in [9.17, 15) is 14.0 Å². The maximum atomic E-state index is 12.0. The van der Waals surface area contributed by atoms with E-state index in [0.717, 1.165) is 12.8 Å². The molecule has 4 nitrogen and oxygen atoms in total. The number of carboxylic acid groups (broad SMARTS) is 1. The average Bonchev–Trinajstić information content (AvgIpc) is 2.97. The molecule has 0 aromatic carbocycles. The Hall–Kier alpha value is -1.13. The Morgan fingerprint density at radius 2 is 2.13 bits per heavy atom. The van der Waals surface area contributed by atoms with Crippen LogP contribution in [0.15, 0.2) is 0 Å². The Kier molecular flexibility index (Phi) is 3.66. The van der Waals surface area contributed by atoms with E-state index in [1.165, 1.54) is 6.92 Å². The van der Waals surface area contributed by atoms with E-state index >= 15 is 0 Å². The van der Waals surface area contributed by atoms with Crippen molar-refractivity contribution in [2.45, 2.75) is 38.6 Å². The highest BCUT2D eigenvalue weighted by atomic mass is 19.1. The molecular formula is C10H16FNO3. The van der Waals surface area contributed by atoms with E-state index in [0.29, 0.717) is 0 Å². The van der Waals surface area contributed by atoms with E-state index in [1.807, 2.05) is 0 Å². The largest absolute Gasteiger partial charge is 0.480 e. The number of carbonyl (C=O) groups is 2. The van der Waals surface area contributed by atoms with Crippen LogP contribution in [0.4, 0.5) is 4.39 Å².